The topological polar surface area (TPSA) is 70.3 Å². The highest BCUT2D eigenvalue weighted by Crippen LogP contribution is 2.31. The molecule has 4 heteroatoms. The van der Waals surface area contributed by atoms with Crippen molar-refractivity contribution in [1.29, 1.82) is 5.26 Å². The summed E-state index contributed by atoms with van der Waals surface area (Å²) in [6, 6.07) is 13.8. The van der Waals surface area contributed by atoms with Crippen LogP contribution in [0.2, 0.25) is 0 Å². The molecule has 0 aliphatic carbocycles. The largest absolute Gasteiger partial charge is 0.496 e. The summed E-state index contributed by atoms with van der Waals surface area (Å²) in [5.41, 5.74) is 2.41. The number of methoxy groups -OCH3 is 1. The zero-order chi connectivity index (χ0) is 13.8. The van der Waals surface area contributed by atoms with Gasteiger partial charge in [0.25, 0.3) is 0 Å². The summed E-state index contributed by atoms with van der Waals surface area (Å²) >= 11 is 0. The second-order valence-corrected chi connectivity index (χ2v) is 3.91. The monoisotopic (exact) mass is 253 g/mol. The van der Waals surface area contributed by atoms with Crippen LogP contribution in [0.5, 0.6) is 5.75 Å². The lowest BCUT2D eigenvalue weighted by Crippen LogP contribution is -1.98. The summed E-state index contributed by atoms with van der Waals surface area (Å²) in [6.07, 6.45) is 0. The molecule has 2 rings (SSSR count). The number of rotatable bonds is 3. The number of nitriles is 1. The molecule has 0 aliphatic heterocycles. The van der Waals surface area contributed by atoms with Crippen LogP contribution in [0.15, 0.2) is 42.5 Å². The van der Waals surface area contributed by atoms with Gasteiger partial charge in [0.2, 0.25) is 0 Å². The van der Waals surface area contributed by atoms with Gasteiger partial charge >= 0.3 is 5.97 Å². The fourth-order valence-electron chi connectivity index (χ4n) is 1.79. The van der Waals surface area contributed by atoms with Gasteiger partial charge in [0.05, 0.1) is 24.3 Å². The maximum Gasteiger partial charge on any atom is 0.335 e. The van der Waals surface area contributed by atoms with Crippen LogP contribution in [0.4, 0.5) is 0 Å². The Morgan fingerprint density at radius 3 is 2.42 bits per heavy atom. The van der Waals surface area contributed by atoms with Gasteiger partial charge in [0.1, 0.15) is 5.75 Å². The van der Waals surface area contributed by atoms with Crippen molar-refractivity contribution in [3.63, 3.8) is 0 Å². The Morgan fingerprint density at radius 1 is 1.21 bits per heavy atom. The first-order valence-corrected chi connectivity index (χ1v) is 5.57. The van der Waals surface area contributed by atoms with E-state index in [9.17, 15) is 4.79 Å². The Hall–Kier alpha value is -2.80. The smallest absolute Gasteiger partial charge is 0.335 e. The summed E-state index contributed by atoms with van der Waals surface area (Å²) in [5, 5.41) is 17.7. The highest BCUT2D eigenvalue weighted by Gasteiger charge is 2.10. The van der Waals surface area contributed by atoms with Crippen LogP contribution >= 0.6 is 0 Å². The van der Waals surface area contributed by atoms with E-state index in [2.05, 4.69) is 0 Å². The summed E-state index contributed by atoms with van der Waals surface area (Å²) < 4.78 is 5.22. The number of hydrogen-bond donors (Lipinski definition) is 1. The molecule has 1 N–H and O–H groups in total. The van der Waals surface area contributed by atoms with Gasteiger partial charge in [0, 0.05) is 5.56 Å². The fraction of sp³-hybridized carbons (Fsp3) is 0.0667. The maximum atomic E-state index is 10.9. The predicted octanol–water partition coefficient (Wildman–Crippen LogP) is 2.93. The zero-order valence-corrected chi connectivity index (χ0v) is 10.3. The Kier molecular flexibility index (Phi) is 3.48. The number of benzene rings is 2. The molecule has 0 saturated heterocycles. The van der Waals surface area contributed by atoms with Gasteiger partial charge in [-0.25, -0.2) is 4.79 Å². The molecule has 0 spiro atoms. The van der Waals surface area contributed by atoms with E-state index in [1.165, 1.54) is 19.2 Å². The second-order valence-electron chi connectivity index (χ2n) is 3.91. The molecular weight excluding hydrogens is 242 g/mol. The minimum absolute atomic E-state index is 0.175. The molecule has 0 amide bonds. The summed E-state index contributed by atoms with van der Waals surface area (Å²) in [4.78, 5) is 10.9. The lowest BCUT2D eigenvalue weighted by molar-refractivity contribution is 0.0696. The number of aromatic carboxylic acids is 1. The minimum Gasteiger partial charge on any atom is -0.496 e. The number of ether oxygens (including phenoxy) is 1. The first kappa shape index (κ1) is 12.7. The molecular formula is C15H11NO3. The second kappa shape index (κ2) is 5.23. The van der Waals surface area contributed by atoms with Gasteiger partial charge in [-0.15, -0.1) is 0 Å². The molecule has 0 unspecified atom stereocenters. The number of carbonyl (C=O) groups is 1. The third kappa shape index (κ3) is 2.55. The third-order valence-electron chi connectivity index (χ3n) is 2.77. The lowest BCUT2D eigenvalue weighted by atomic mass is 10.0. The number of hydrogen-bond acceptors (Lipinski definition) is 3. The van der Waals surface area contributed by atoms with E-state index in [4.69, 9.17) is 15.1 Å². The van der Waals surface area contributed by atoms with Gasteiger partial charge in [-0.05, 0) is 35.9 Å². The van der Waals surface area contributed by atoms with Crippen molar-refractivity contribution in [2.45, 2.75) is 0 Å². The molecule has 2 aromatic carbocycles. The van der Waals surface area contributed by atoms with E-state index >= 15 is 0 Å². The SMILES string of the molecule is COc1cc(C(=O)O)ccc1-c1ccc(C#N)cc1. The Morgan fingerprint density at radius 2 is 1.89 bits per heavy atom. The Labute approximate surface area is 110 Å². The molecule has 0 aromatic heterocycles. The highest BCUT2D eigenvalue weighted by atomic mass is 16.5. The van der Waals surface area contributed by atoms with Crippen LogP contribution in [0.3, 0.4) is 0 Å². The van der Waals surface area contributed by atoms with Crippen molar-refractivity contribution in [3.8, 4) is 22.9 Å². The van der Waals surface area contributed by atoms with Gasteiger partial charge in [-0.1, -0.05) is 12.1 Å². The van der Waals surface area contributed by atoms with Crippen LogP contribution < -0.4 is 4.74 Å². The van der Waals surface area contributed by atoms with Crippen molar-refractivity contribution < 1.29 is 14.6 Å². The van der Waals surface area contributed by atoms with E-state index in [0.717, 1.165) is 11.1 Å². The van der Waals surface area contributed by atoms with Crippen LogP contribution in [0.25, 0.3) is 11.1 Å². The quantitative estimate of drug-likeness (QED) is 0.912. The number of nitrogens with zero attached hydrogens (tertiary/aromatic N) is 1. The fourth-order valence-corrected chi connectivity index (χ4v) is 1.79. The van der Waals surface area contributed by atoms with Crippen molar-refractivity contribution in [2.24, 2.45) is 0 Å². The van der Waals surface area contributed by atoms with E-state index in [-0.39, 0.29) is 5.56 Å². The summed E-state index contributed by atoms with van der Waals surface area (Å²) in [6.45, 7) is 0. The summed E-state index contributed by atoms with van der Waals surface area (Å²) in [5.74, 6) is -0.505. The number of carboxylic acid groups (broad SMARTS) is 1. The van der Waals surface area contributed by atoms with Crippen LogP contribution in [-0.4, -0.2) is 18.2 Å². The first-order valence-electron chi connectivity index (χ1n) is 5.57. The average molecular weight is 253 g/mol. The minimum atomic E-state index is -0.996. The van der Waals surface area contributed by atoms with Crippen LogP contribution in [0, 0.1) is 11.3 Å². The van der Waals surface area contributed by atoms with Crippen LogP contribution in [-0.2, 0) is 0 Å². The molecule has 19 heavy (non-hydrogen) atoms. The average Bonchev–Trinajstić information content (AvgIpc) is 2.46. The Balaban J connectivity index is 2.49. The van der Waals surface area contributed by atoms with Crippen molar-refractivity contribution in [1.82, 2.24) is 0 Å². The maximum absolute atomic E-state index is 10.9. The van der Waals surface area contributed by atoms with E-state index < -0.39 is 5.97 Å². The third-order valence-corrected chi connectivity index (χ3v) is 2.77. The van der Waals surface area contributed by atoms with Gasteiger partial charge in [-0.2, -0.15) is 5.26 Å². The lowest BCUT2D eigenvalue weighted by Gasteiger charge is -2.09. The van der Waals surface area contributed by atoms with Crippen molar-refractivity contribution in [3.05, 3.63) is 53.6 Å². The highest BCUT2D eigenvalue weighted by molar-refractivity contribution is 5.89. The molecule has 0 radical (unpaired) electrons. The van der Waals surface area contributed by atoms with Crippen molar-refractivity contribution >= 4 is 5.97 Å². The predicted molar refractivity (Wildman–Crippen MR) is 70.1 cm³/mol. The molecule has 4 nitrogen and oxygen atoms in total. The van der Waals surface area contributed by atoms with Gasteiger partial charge < -0.3 is 9.84 Å². The molecule has 0 aliphatic rings. The van der Waals surface area contributed by atoms with Crippen molar-refractivity contribution in [2.75, 3.05) is 7.11 Å². The van der Waals surface area contributed by atoms with Gasteiger partial charge in [0.15, 0.2) is 0 Å². The van der Waals surface area contributed by atoms with Gasteiger partial charge in [-0.3, -0.25) is 0 Å². The molecule has 0 saturated carbocycles. The molecule has 0 bridgehead atoms. The first-order chi connectivity index (χ1) is 9.15. The summed E-state index contributed by atoms with van der Waals surface area (Å²) in [7, 11) is 1.49. The zero-order valence-electron chi connectivity index (χ0n) is 10.3. The molecule has 2 aromatic rings. The molecule has 0 fully saturated rings. The molecule has 0 atom stereocenters. The van der Waals surface area contributed by atoms with E-state index in [1.54, 1.807) is 30.3 Å². The van der Waals surface area contributed by atoms with E-state index in [0.29, 0.717) is 11.3 Å². The normalized spacial score (nSPS) is 9.68. The number of carboxylic acids is 1. The molecule has 0 heterocycles. The van der Waals surface area contributed by atoms with Crippen LogP contribution in [0.1, 0.15) is 15.9 Å². The molecule has 94 valence electrons. The van der Waals surface area contributed by atoms with E-state index in [1.807, 2.05) is 6.07 Å². The Bertz CT molecular complexity index is 654. The standard InChI is InChI=1S/C15H11NO3/c1-19-14-8-12(15(17)18)6-7-13(14)11-4-2-10(9-16)3-5-11/h2-8H,1H3,(H,17,18).